The average molecular weight is 268 g/mol. The molecule has 18 heavy (non-hydrogen) atoms. The van der Waals surface area contributed by atoms with Gasteiger partial charge in [0, 0.05) is 34.0 Å². The van der Waals surface area contributed by atoms with Gasteiger partial charge in [-0.25, -0.2) is 0 Å². The van der Waals surface area contributed by atoms with Crippen molar-refractivity contribution in [3.05, 3.63) is 23.8 Å². The molecule has 1 aliphatic heterocycles. The van der Waals surface area contributed by atoms with Crippen LogP contribution in [0.5, 0.6) is 5.75 Å². The molecular weight excluding hydrogens is 252 g/mol. The highest BCUT2D eigenvalue weighted by Gasteiger charge is 2.21. The molecule has 0 spiro atoms. The third-order valence-corrected chi connectivity index (χ3v) is 4.39. The second-order valence-corrected chi connectivity index (χ2v) is 6.06. The number of phenols is 1. The summed E-state index contributed by atoms with van der Waals surface area (Å²) in [5.74, 6) is 0.973. The van der Waals surface area contributed by atoms with Gasteiger partial charge in [-0.05, 0) is 31.0 Å². The topological polar surface area (TPSA) is 92.4 Å². The fraction of sp³-hybridized carbons (Fsp3) is 0.417. The van der Waals surface area contributed by atoms with Crippen LogP contribution in [-0.4, -0.2) is 32.8 Å². The van der Waals surface area contributed by atoms with E-state index in [4.69, 9.17) is 5.73 Å². The number of phenolic OH excluding ortho intramolecular Hbond substituents is 1. The molecule has 0 aliphatic carbocycles. The highest BCUT2D eigenvalue weighted by Crippen LogP contribution is 2.19. The number of nitrogen functional groups attached to an aromatic ring is 1. The van der Waals surface area contributed by atoms with Crippen molar-refractivity contribution >= 4 is 22.4 Å². The van der Waals surface area contributed by atoms with Gasteiger partial charge in [0.15, 0.2) is 0 Å². The third-order valence-electron chi connectivity index (χ3n) is 3.00. The summed E-state index contributed by atoms with van der Waals surface area (Å²) >= 11 is 0. The van der Waals surface area contributed by atoms with Gasteiger partial charge in [-0.1, -0.05) is 0 Å². The van der Waals surface area contributed by atoms with Crippen molar-refractivity contribution in [3.63, 3.8) is 0 Å². The minimum absolute atomic E-state index is 0.0131. The van der Waals surface area contributed by atoms with Gasteiger partial charge in [0.2, 0.25) is 0 Å². The monoisotopic (exact) mass is 268 g/mol. The maximum Gasteiger partial charge on any atom is 0.253 e. The maximum atomic E-state index is 12.0. The van der Waals surface area contributed by atoms with E-state index in [-0.39, 0.29) is 23.3 Å². The highest BCUT2D eigenvalue weighted by molar-refractivity contribution is 7.85. The van der Waals surface area contributed by atoms with Gasteiger partial charge in [0.25, 0.3) is 5.91 Å². The number of rotatable bonds is 2. The van der Waals surface area contributed by atoms with Gasteiger partial charge >= 0.3 is 0 Å². The molecule has 0 radical (unpaired) electrons. The fourth-order valence-electron chi connectivity index (χ4n) is 1.94. The Morgan fingerprint density at radius 3 is 2.72 bits per heavy atom. The summed E-state index contributed by atoms with van der Waals surface area (Å²) in [7, 11) is -0.744. The van der Waals surface area contributed by atoms with Crippen molar-refractivity contribution in [1.29, 1.82) is 0 Å². The Hall–Kier alpha value is -1.56. The van der Waals surface area contributed by atoms with Crippen LogP contribution in [0.3, 0.4) is 0 Å². The Morgan fingerprint density at radius 2 is 2.06 bits per heavy atom. The minimum atomic E-state index is -0.744. The van der Waals surface area contributed by atoms with E-state index >= 15 is 0 Å². The SMILES string of the molecule is Nc1ccc(O)cc1C(=O)NC1CCS(=O)CC1. The van der Waals surface area contributed by atoms with Crippen LogP contribution in [0.4, 0.5) is 5.69 Å². The number of nitrogens with one attached hydrogen (secondary N) is 1. The van der Waals surface area contributed by atoms with Gasteiger partial charge < -0.3 is 16.2 Å². The largest absolute Gasteiger partial charge is 0.508 e. The molecule has 2 rings (SSSR count). The number of hydrogen-bond donors (Lipinski definition) is 3. The first-order valence-corrected chi connectivity index (χ1v) is 7.29. The van der Waals surface area contributed by atoms with Crippen molar-refractivity contribution in [2.75, 3.05) is 17.2 Å². The van der Waals surface area contributed by atoms with Crippen LogP contribution in [0.2, 0.25) is 0 Å². The maximum absolute atomic E-state index is 12.0. The van der Waals surface area contributed by atoms with Crippen molar-refractivity contribution in [1.82, 2.24) is 5.32 Å². The lowest BCUT2D eigenvalue weighted by Crippen LogP contribution is -2.39. The summed E-state index contributed by atoms with van der Waals surface area (Å²) in [6, 6.07) is 4.33. The van der Waals surface area contributed by atoms with E-state index < -0.39 is 10.8 Å². The summed E-state index contributed by atoms with van der Waals surface area (Å²) < 4.78 is 11.2. The lowest BCUT2D eigenvalue weighted by molar-refractivity contribution is 0.0935. The lowest BCUT2D eigenvalue weighted by Gasteiger charge is -2.22. The normalized spacial score (nSPS) is 23.6. The number of hydrogen-bond acceptors (Lipinski definition) is 4. The van der Waals surface area contributed by atoms with Crippen molar-refractivity contribution < 1.29 is 14.1 Å². The van der Waals surface area contributed by atoms with Crippen LogP contribution in [0.1, 0.15) is 23.2 Å². The molecule has 98 valence electrons. The zero-order chi connectivity index (χ0) is 13.1. The predicted octanol–water partition coefficient (Wildman–Crippen LogP) is 0.615. The molecule has 0 unspecified atom stereocenters. The molecule has 1 aliphatic rings. The molecule has 5 nitrogen and oxygen atoms in total. The summed E-state index contributed by atoms with van der Waals surface area (Å²) in [6.07, 6.45) is 1.44. The highest BCUT2D eigenvalue weighted by atomic mass is 32.2. The molecule has 0 bridgehead atoms. The van der Waals surface area contributed by atoms with Crippen LogP contribution >= 0.6 is 0 Å². The van der Waals surface area contributed by atoms with Crippen molar-refractivity contribution in [2.45, 2.75) is 18.9 Å². The summed E-state index contributed by atoms with van der Waals surface area (Å²) in [5.41, 5.74) is 6.31. The first-order valence-electron chi connectivity index (χ1n) is 5.80. The predicted molar refractivity (Wildman–Crippen MR) is 70.9 cm³/mol. The molecule has 1 aromatic rings. The Kier molecular flexibility index (Phi) is 3.86. The van der Waals surface area contributed by atoms with Crippen molar-refractivity contribution in [3.8, 4) is 5.75 Å². The van der Waals surface area contributed by atoms with Crippen LogP contribution in [0, 0.1) is 0 Å². The quantitative estimate of drug-likeness (QED) is 0.541. The Morgan fingerprint density at radius 1 is 1.39 bits per heavy atom. The Labute approximate surface area is 108 Å². The van der Waals surface area contributed by atoms with E-state index in [0.29, 0.717) is 17.2 Å². The van der Waals surface area contributed by atoms with E-state index in [1.54, 1.807) is 0 Å². The van der Waals surface area contributed by atoms with Crippen LogP contribution < -0.4 is 11.1 Å². The molecule has 1 amide bonds. The number of nitrogens with two attached hydrogens (primary N) is 1. The number of amides is 1. The first kappa shape index (κ1) is 12.9. The van der Waals surface area contributed by atoms with E-state index in [9.17, 15) is 14.1 Å². The molecule has 1 fully saturated rings. The van der Waals surface area contributed by atoms with Gasteiger partial charge in [-0.2, -0.15) is 0 Å². The number of carbonyl (C=O) groups excluding carboxylic acids is 1. The molecular formula is C12H16N2O3S. The molecule has 0 aromatic heterocycles. The van der Waals surface area contributed by atoms with E-state index in [1.165, 1.54) is 18.2 Å². The van der Waals surface area contributed by atoms with E-state index in [2.05, 4.69) is 5.32 Å². The molecule has 6 heteroatoms. The van der Waals surface area contributed by atoms with E-state index in [1.807, 2.05) is 0 Å². The minimum Gasteiger partial charge on any atom is -0.508 e. The van der Waals surface area contributed by atoms with Crippen molar-refractivity contribution in [2.24, 2.45) is 0 Å². The Balaban J connectivity index is 2.03. The number of carbonyl (C=O) groups is 1. The average Bonchev–Trinajstić information content (AvgIpc) is 2.35. The van der Waals surface area contributed by atoms with Crippen LogP contribution in [-0.2, 0) is 10.8 Å². The van der Waals surface area contributed by atoms with Gasteiger partial charge in [0.1, 0.15) is 5.75 Å². The standard InChI is InChI=1S/C12H16N2O3S/c13-11-2-1-9(15)7-10(11)12(16)14-8-3-5-18(17)6-4-8/h1-2,7-8,15H,3-6,13H2,(H,14,16). The molecule has 0 saturated carbocycles. The number of aromatic hydroxyl groups is 1. The van der Waals surface area contributed by atoms with E-state index in [0.717, 1.165) is 12.8 Å². The molecule has 1 heterocycles. The van der Waals surface area contributed by atoms with Crippen LogP contribution in [0.15, 0.2) is 18.2 Å². The summed E-state index contributed by atoms with van der Waals surface area (Å²) in [6.45, 7) is 0. The molecule has 1 saturated heterocycles. The fourth-order valence-corrected chi connectivity index (χ4v) is 3.24. The second-order valence-electron chi connectivity index (χ2n) is 4.37. The Bertz CT molecular complexity index is 480. The molecule has 0 atom stereocenters. The number of benzene rings is 1. The summed E-state index contributed by atoms with van der Waals surface area (Å²) in [4.78, 5) is 12.0. The lowest BCUT2D eigenvalue weighted by atomic mass is 10.1. The van der Waals surface area contributed by atoms with Crippen LogP contribution in [0.25, 0.3) is 0 Å². The van der Waals surface area contributed by atoms with Gasteiger partial charge in [-0.15, -0.1) is 0 Å². The molecule has 4 N–H and O–H groups in total. The van der Waals surface area contributed by atoms with Gasteiger partial charge in [0.05, 0.1) is 5.56 Å². The molecule has 1 aromatic carbocycles. The number of anilines is 1. The summed E-state index contributed by atoms with van der Waals surface area (Å²) in [5, 5.41) is 12.2. The van der Waals surface area contributed by atoms with Gasteiger partial charge in [-0.3, -0.25) is 9.00 Å². The first-order chi connectivity index (χ1) is 8.56. The zero-order valence-corrected chi connectivity index (χ0v) is 10.7. The second kappa shape index (κ2) is 5.39. The smallest absolute Gasteiger partial charge is 0.253 e. The zero-order valence-electron chi connectivity index (χ0n) is 9.89. The third kappa shape index (κ3) is 3.01.